The molecule has 0 unspecified atom stereocenters. The van der Waals surface area contributed by atoms with Crippen LogP contribution in [0.3, 0.4) is 0 Å². The van der Waals surface area contributed by atoms with Crippen LogP contribution in [0.15, 0.2) is 131 Å². The van der Waals surface area contributed by atoms with Crippen LogP contribution >= 0.6 is 0 Å². The van der Waals surface area contributed by atoms with Gasteiger partial charge in [0.2, 0.25) is 0 Å². The molecule has 2 aromatic heterocycles. The van der Waals surface area contributed by atoms with Gasteiger partial charge in [-0.1, -0.05) is 67.2 Å². The van der Waals surface area contributed by atoms with Crippen molar-refractivity contribution in [2.75, 3.05) is 4.90 Å². The van der Waals surface area contributed by atoms with Crippen molar-refractivity contribution in [2.45, 2.75) is 19.6 Å². The SMILES string of the molecule is C=CC[n+]1ccc(-c2cc3ccc(N(Cc4ccccc4)Cc4ccccc4)cc3oc2=O)cc1. The first-order chi connectivity index (χ1) is 17.2. The van der Waals surface area contributed by atoms with Crippen molar-refractivity contribution in [1.29, 1.82) is 0 Å². The first-order valence-corrected chi connectivity index (χ1v) is 11.7. The molecule has 0 spiro atoms. The fraction of sp³-hybridized carbons (Fsp3) is 0.0968. The Morgan fingerprint density at radius 3 is 2.03 bits per heavy atom. The number of aromatic nitrogens is 1. The smallest absolute Gasteiger partial charge is 0.344 e. The average molecular weight is 460 g/mol. The predicted octanol–water partition coefficient (Wildman–Crippen LogP) is 6.14. The maximum absolute atomic E-state index is 12.9. The maximum Gasteiger partial charge on any atom is 0.344 e. The van der Waals surface area contributed by atoms with Gasteiger partial charge in [-0.3, -0.25) is 0 Å². The van der Waals surface area contributed by atoms with E-state index < -0.39 is 0 Å². The highest BCUT2D eigenvalue weighted by Gasteiger charge is 2.13. The van der Waals surface area contributed by atoms with Crippen LogP contribution in [0.2, 0.25) is 0 Å². The Morgan fingerprint density at radius 2 is 1.43 bits per heavy atom. The standard InChI is InChI=1S/C31H27N2O2/c1-2-17-32-18-15-26(16-19-32)29-20-27-13-14-28(21-30(27)35-31(29)34)33(22-24-9-5-3-6-10-24)23-25-11-7-4-8-12-25/h2-16,18-21H,1,17,22-23H2/q+1. The van der Waals surface area contributed by atoms with Crippen LogP contribution < -0.4 is 15.1 Å². The van der Waals surface area contributed by atoms with Gasteiger partial charge < -0.3 is 9.32 Å². The molecule has 4 nitrogen and oxygen atoms in total. The number of nitrogens with zero attached hydrogens (tertiary/aromatic N) is 2. The van der Waals surface area contributed by atoms with Gasteiger partial charge in [0.1, 0.15) is 5.58 Å². The van der Waals surface area contributed by atoms with E-state index >= 15 is 0 Å². The average Bonchev–Trinajstić information content (AvgIpc) is 2.89. The summed E-state index contributed by atoms with van der Waals surface area (Å²) in [6.45, 7) is 5.98. The van der Waals surface area contributed by atoms with E-state index in [2.05, 4.69) is 66.1 Å². The van der Waals surface area contributed by atoms with Crippen molar-refractivity contribution in [3.05, 3.63) is 144 Å². The lowest BCUT2D eigenvalue weighted by molar-refractivity contribution is -0.686. The third-order valence-corrected chi connectivity index (χ3v) is 6.06. The molecule has 2 heterocycles. The summed E-state index contributed by atoms with van der Waals surface area (Å²) in [6, 6.07) is 32.7. The molecule has 0 aliphatic rings. The van der Waals surface area contributed by atoms with Crippen molar-refractivity contribution in [3.8, 4) is 11.1 Å². The molecular formula is C31H27N2O2+. The van der Waals surface area contributed by atoms with Gasteiger partial charge in [-0.05, 0) is 35.4 Å². The third-order valence-electron chi connectivity index (χ3n) is 6.06. The number of rotatable bonds is 8. The first kappa shape index (κ1) is 22.4. The second kappa shape index (κ2) is 10.2. The van der Waals surface area contributed by atoms with Crippen LogP contribution in [0.4, 0.5) is 5.69 Å². The molecule has 0 amide bonds. The minimum absolute atomic E-state index is 0.339. The second-order valence-corrected chi connectivity index (χ2v) is 8.57. The minimum Gasteiger partial charge on any atom is -0.422 e. The summed E-state index contributed by atoms with van der Waals surface area (Å²) in [7, 11) is 0. The highest BCUT2D eigenvalue weighted by atomic mass is 16.4. The lowest BCUT2D eigenvalue weighted by Crippen LogP contribution is -2.31. The summed E-state index contributed by atoms with van der Waals surface area (Å²) in [5.41, 5.74) is 5.08. The van der Waals surface area contributed by atoms with E-state index in [-0.39, 0.29) is 5.63 Å². The molecule has 5 aromatic rings. The third kappa shape index (κ3) is 5.22. The van der Waals surface area contributed by atoms with Crippen LogP contribution in [0.25, 0.3) is 22.1 Å². The zero-order valence-corrected chi connectivity index (χ0v) is 19.5. The molecule has 0 saturated carbocycles. The van der Waals surface area contributed by atoms with Crippen LogP contribution in [0, 0.1) is 0 Å². The molecule has 172 valence electrons. The summed E-state index contributed by atoms with van der Waals surface area (Å²) >= 11 is 0. The molecule has 4 heteroatoms. The Bertz CT molecular complexity index is 1450. The molecular weight excluding hydrogens is 432 g/mol. The maximum atomic E-state index is 12.9. The molecule has 0 saturated heterocycles. The van der Waals surface area contributed by atoms with Crippen molar-refractivity contribution >= 4 is 16.7 Å². The van der Waals surface area contributed by atoms with E-state index in [1.165, 1.54) is 11.1 Å². The summed E-state index contributed by atoms with van der Waals surface area (Å²) in [5.74, 6) is 0. The highest BCUT2D eigenvalue weighted by molar-refractivity contribution is 5.84. The molecule has 0 aliphatic heterocycles. The van der Waals surface area contributed by atoms with Crippen LogP contribution in [-0.4, -0.2) is 0 Å². The van der Waals surface area contributed by atoms with Gasteiger partial charge in [-0.25, -0.2) is 9.36 Å². The van der Waals surface area contributed by atoms with Crippen molar-refractivity contribution in [1.82, 2.24) is 0 Å². The largest absolute Gasteiger partial charge is 0.422 e. The summed E-state index contributed by atoms with van der Waals surface area (Å²) in [5, 5.41) is 0.894. The van der Waals surface area contributed by atoms with Gasteiger partial charge in [0.25, 0.3) is 0 Å². The van der Waals surface area contributed by atoms with E-state index in [4.69, 9.17) is 4.42 Å². The lowest BCUT2D eigenvalue weighted by atomic mass is 10.1. The zero-order chi connectivity index (χ0) is 24.0. The molecule has 0 atom stereocenters. The summed E-state index contributed by atoms with van der Waals surface area (Å²) in [6.07, 6.45) is 5.71. The number of benzene rings is 3. The zero-order valence-electron chi connectivity index (χ0n) is 19.5. The molecule has 0 bridgehead atoms. The molecule has 0 N–H and O–H groups in total. The predicted molar refractivity (Wildman–Crippen MR) is 141 cm³/mol. The van der Waals surface area contributed by atoms with Gasteiger partial charge in [-0.15, -0.1) is 0 Å². The van der Waals surface area contributed by atoms with Gasteiger partial charge in [0.15, 0.2) is 18.9 Å². The van der Waals surface area contributed by atoms with Crippen LogP contribution in [-0.2, 0) is 19.6 Å². The van der Waals surface area contributed by atoms with E-state index in [0.717, 1.165) is 36.3 Å². The Morgan fingerprint density at radius 1 is 0.800 bits per heavy atom. The van der Waals surface area contributed by atoms with Gasteiger partial charge in [-0.2, -0.15) is 0 Å². The van der Waals surface area contributed by atoms with E-state index in [1.54, 1.807) is 0 Å². The van der Waals surface area contributed by atoms with Gasteiger partial charge >= 0.3 is 5.63 Å². The van der Waals surface area contributed by atoms with Crippen LogP contribution in [0.5, 0.6) is 0 Å². The molecule has 35 heavy (non-hydrogen) atoms. The van der Waals surface area contributed by atoms with Crippen LogP contribution in [0.1, 0.15) is 11.1 Å². The van der Waals surface area contributed by atoms with E-state index in [1.807, 2.05) is 65.5 Å². The Kier molecular flexibility index (Phi) is 6.53. The van der Waals surface area contributed by atoms with Crippen molar-refractivity contribution in [2.24, 2.45) is 0 Å². The fourth-order valence-electron chi connectivity index (χ4n) is 4.25. The number of allylic oxidation sites excluding steroid dienone is 1. The first-order valence-electron chi connectivity index (χ1n) is 11.7. The summed E-state index contributed by atoms with van der Waals surface area (Å²) in [4.78, 5) is 15.2. The molecule has 0 aliphatic carbocycles. The topological polar surface area (TPSA) is 37.3 Å². The van der Waals surface area contributed by atoms with E-state index in [0.29, 0.717) is 11.1 Å². The number of hydrogen-bond acceptors (Lipinski definition) is 3. The minimum atomic E-state index is -0.339. The Balaban J connectivity index is 1.50. The van der Waals surface area contributed by atoms with Gasteiger partial charge in [0, 0.05) is 47.9 Å². The molecule has 5 rings (SSSR count). The highest BCUT2D eigenvalue weighted by Crippen LogP contribution is 2.27. The molecule has 0 fully saturated rings. The molecule has 3 aromatic carbocycles. The Hall–Kier alpha value is -4.44. The lowest BCUT2D eigenvalue weighted by Gasteiger charge is -2.25. The van der Waals surface area contributed by atoms with Crippen molar-refractivity contribution < 1.29 is 8.98 Å². The number of pyridine rings is 1. The van der Waals surface area contributed by atoms with Gasteiger partial charge in [0.05, 0.1) is 5.56 Å². The quantitative estimate of drug-likeness (QED) is 0.159. The number of anilines is 1. The Labute approximate surface area is 205 Å². The fourth-order valence-corrected chi connectivity index (χ4v) is 4.25. The normalized spacial score (nSPS) is 10.9. The number of fused-ring (bicyclic) bond motifs is 1. The summed E-state index contributed by atoms with van der Waals surface area (Å²) < 4.78 is 7.81. The van der Waals surface area contributed by atoms with E-state index in [9.17, 15) is 4.79 Å². The monoisotopic (exact) mass is 459 g/mol. The van der Waals surface area contributed by atoms with Crippen molar-refractivity contribution in [3.63, 3.8) is 0 Å². The number of hydrogen-bond donors (Lipinski definition) is 0. The second-order valence-electron chi connectivity index (χ2n) is 8.57. The molecule has 0 radical (unpaired) electrons.